The Kier molecular flexibility index (Phi) is 5.02. The number of aryl methyl sites for hydroxylation is 1. The van der Waals surface area contributed by atoms with E-state index in [2.05, 4.69) is 56.9 Å². The molecule has 0 aliphatic rings. The van der Waals surface area contributed by atoms with Gasteiger partial charge in [-0.2, -0.15) is 0 Å². The molecule has 1 aromatic carbocycles. The molecule has 20 heavy (non-hydrogen) atoms. The Morgan fingerprint density at radius 1 is 1.35 bits per heavy atom. The number of nitrogens with one attached hydrogen (secondary N) is 1. The molecule has 0 amide bonds. The van der Waals surface area contributed by atoms with E-state index in [1.54, 1.807) is 0 Å². The van der Waals surface area contributed by atoms with Crippen molar-refractivity contribution in [3.05, 3.63) is 47.7 Å². The predicted molar refractivity (Wildman–Crippen MR) is 86.0 cm³/mol. The van der Waals surface area contributed by atoms with Gasteiger partial charge >= 0.3 is 0 Å². The van der Waals surface area contributed by atoms with E-state index >= 15 is 0 Å². The molecule has 0 spiro atoms. The predicted octanol–water partition coefficient (Wildman–Crippen LogP) is 5.14. The molecule has 108 valence electrons. The number of benzene rings is 1. The SMILES string of the molecule is C=C(C)CCC(NCCC)c1cc2cc(C)ccc2o1. The number of rotatable bonds is 7. The molecule has 0 bridgehead atoms. The summed E-state index contributed by atoms with van der Waals surface area (Å²) < 4.78 is 6.02. The van der Waals surface area contributed by atoms with Crippen molar-refractivity contribution in [3.63, 3.8) is 0 Å². The molecule has 2 heteroatoms. The van der Waals surface area contributed by atoms with Crippen molar-refractivity contribution < 1.29 is 4.42 Å². The van der Waals surface area contributed by atoms with Crippen LogP contribution in [-0.4, -0.2) is 6.54 Å². The van der Waals surface area contributed by atoms with Crippen molar-refractivity contribution in [1.82, 2.24) is 5.32 Å². The number of hydrogen-bond acceptors (Lipinski definition) is 2. The zero-order chi connectivity index (χ0) is 14.5. The quantitative estimate of drug-likeness (QED) is 0.705. The molecule has 2 nitrogen and oxygen atoms in total. The fraction of sp³-hybridized carbons (Fsp3) is 0.444. The van der Waals surface area contributed by atoms with Gasteiger partial charge in [-0.25, -0.2) is 0 Å². The van der Waals surface area contributed by atoms with Crippen molar-refractivity contribution in [2.24, 2.45) is 0 Å². The Bertz CT molecular complexity index is 582. The highest BCUT2D eigenvalue weighted by atomic mass is 16.3. The normalized spacial score (nSPS) is 12.8. The summed E-state index contributed by atoms with van der Waals surface area (Å²) in [6.07, 6.45) is 3.19. The second-order valence-electron chi connectivity index (χ2n) is 5.69. The standard InChI is InChI=1S/C18H25NO/c1-5-10-19-16(8-6-13(2)3)18-12-15-11-14(4)7-9-17(15)20-18/h7,9,11-12,16,19H,2,5-6,8,10H2,1,3-4H3. The number of furan rings is 1. The number of allylic oxidation sites excluding steroid dienone is 1. The van der Waals surface area contributed by atoms with Crippen molar-refractivity contribution in [3.8, 4) is 0 Å². The van der Waals surface area contributed by atoms with Crippen LogP contribution >= 0.6 is 0 Å². The van der Waals surface area contributed by atoms with Crippen molar-refractivity contribution >= 4 is 11.0 Å². The maximum Gasteiger partial charge on any atom is 0.134 e. The topological polar surface area (TPSA) is 25.2 Å². The first-order valence-corrected chi connectivity index (χ1v) is 7.48. The summed E-state index contributed by atoms with van der Waals surface area (Å²) in [4.78, 5) is 0. The van der Waals surface area contributed by atoms with Crippen LogP contribution in [0, 0.1) is 6.92 Å². The summed E-state index contributed by atoms with van der Waals surface area (Å²) in [7, 11) is 0. The third-order valence-corrected chi connectivity index (χ3v) is 3.53. The molecule has 1 unspecified atom stereocenters. The van der Waals surface area contributed by atoms with Gasteiger partial charge in [0.2, 0.25) is 0 Å². The van der Waals surface area contributed by atoms with E-state index in [0.29, 0.717) is 0 Å². The van der Waals surface area contributed by atoms with Gasteiger partial charge in [0, 0.05) is 5.39 Å². The Hall–Kier alpha value is -1.54. The van der Waals surface area contributed by atoms with Crippen molar-refractivity contribution in [1.29, 1.82) is 0 Å². The molecule has 1 N–H and O–H groups in total. The van der Waals surface area contributed by atoms with Gasteiger partial charge in [0.15, 0.2) is 0 Å². The number of hydrogen-bond donors (Lipinski definition) is 1. The van der Waals surface area contributed by atoms with Gasteiger partial charge in [-0.15, -0.1) is 6.58 Å². The maximum atomic E-state index is 6.02. The zero-order valence-electron chi connectivity index (χ0n) is 12.8. The van der Waals surface area contributed by atoms with Crippen LogP contribution in [0.5, 0.6) is 0 Å². The minimum absolute atomic E-state index is 0.277. The molecule has 0 fully saturated rings. The smallest absolute Gasteiger partial charge is 0.134 e. The fourth-order valence-corrected chi connectivity index (χ4v) is 2.41. The molecule has 2 aromatic rings. The lowest BCUT2D eigenvalue weighted by Crippen LogP contribution is -2.21. The van der Waals surface area contributed by atoms with Crippen molar-refractivity contribution in [2.45, 2.75) is 46.1 Å². The molecule has 0 radical (unpaired) electrons. The van der Waals surface area contributed by atoms with E-state index in [0.717, 1.165) is 37.2 Å². The summed E-state index contributed by atoms with van der Waals surface area (Å²) in [5.74, 6) is 1.04. The van der Waals surface area contributed by atoms with Crippen LogP contribution < -0.4 is 5.32 Å². The van der Waals surface area contributed by atoms with E-state index in [4.69, 9.17) is 4.42 Å². The lowest BCUT2D eigenvalue weighted by molar-refractivity contribution is 0.410. The minimum Gasteiger partial charge on any atom is -0.459 e. The third kappa shape index (κ3) is 3.73. The monoisotopic (exact) mass is 271 g/mol. The van der Waals surface area contributed by atoms with Crippen LogP contribution in [0.25, 0.3) is 11.0 Å². The van der Waals surface area contributed by atoms with E-state index in [-0.39, 0.29) is 6.04 Å². The van der Waals surface area contributed by atoms with Gasteiger partial charge in [-0.1, -0.05) is 24.1 Å². The second kappa shape index (κ2) is 6.76. The second-order valence-corrected chi connectivity index (χ2v) is 5.69. The summed E-state index contributed by atoms with van der Waals surface area (Å²) >= 11 is 0. The van der Waals surface area contributed by atoms with Crippen LogP contribution in [0.4, 0.5) is 0 Å². The highest BCUT2D eigenvalue weighted by molar-refractivity contribution is 5.78. The lowest BCUT2D eigenvalue weighted by atomic mass is 10.0. The van der Waals surface area contributed by atoms with Gasteiger partial charge in [-0.3, -0.25) is 0 Å². The van der Waals surface area contributed by atoms with E-state index in [1.807, 2.05) is 0 Å². The van der Waals surface area contributed by atoms with Crippen molar-refractivity contribution in [2.75, 3.05) is 6.54 Å². The van der Waals surface area contributed by atoms with Gasteiger partial charge in [0.05, 0.1) is 6.04 Å². The molecule has 1 heterocycles. The minimum atomic E-state index is 0.277. The third-order valence-electron chi connectivity index (χ3n) is 3.53. The van der Waals surface area contributed by atoms with Crippen LogP contribution in [0.3, 0.4) is 0 Å². The molecule has 1 aromatic heterocycles. The summed E-state index contributed by atoms with van der Waals surface area (Å²) in [5, 5.41) is 4.77. The summed E-state index contributed by atoms with van der Waals surface area (Å²) in [6.45, 7) is 11.4. The van der Waals surface area contributed by atoms with Gasteiger partial charge in [-0.05, 0) is 57.9 Å². The largest absolute Gasteiger partial charge is 0.459 e. The van der Waals surface area contributed by atoms with Gasteiger partial charge < -0.3 is 9.73 Å². The van der Waals surface area contributed by atoms with Gasteiger partial charge in [0.1, 0.15) is 11.3 Å². The highest BCUT2D eigenvalue weighted by Gasteiger charge is 2.15. The summed E-state index contributed by atoms with van der Waals surface area (Å²) in [6, 6.07) is 8.78. The lowest BCUT2D eigenvalue weighted by Gasteiger charge is -2.16. The molecule has 0 saturated carbocycles. The van der Waals surface area contributed by atoms with Crippen LogP contribution in [0.15, 0.2) is 40.8 Å². The van der Waals surface area contributed by atoms with Crippen LogP contribution in [-0.2, 0) is 0 Å². The maximum absolute atomic E-state index is 6.02. The first-order chi connectivity index (χ1) is 9.60. The Morgan fingerprint density at radius 2 is 2.15 bits per heavy atom. The van der Waals surface area contributed by atoms with Gasteiger partial charge in [0.25, 0.3) is 0 Å². The summed E-state index contributed by atoms with van der Waals surface area (Å²) in [5.41, 5.74) is 3.47. The molecular formula is C18H25NO. The van der Waals surface area contributed by atoms with E-state index in [1.165, 1.54) is 16.5 Å². The molecule has 0 saturated heterocycles. The fourth-order valence-electron chi connectivity index (χ4n) is 2.41. The zero-order valence-corrected chi connectivity index (χ0v) is 12.8. The first-order valence-electron chi connectivity index (χ1n) is 7.48. The highest BCUT2D eigenvalue weighted by Crippen LogP contribution is 2.28. The molecular weight excluding hydrogens is 246 g/mol. The average Bonchev–Trinajstić information content (AvgIpc) is 2.81. The molecule has 0 aliphatic carbocycles. The average molecular weight is 271 g/mol. The van der Waals surface area contributed by atoms with Crippen LogP contribution in [0.1, 0.15) is 50.5 Å². The molecule has 1 atom stereocenters. The van der Waals surface area contributed by atoms with Crippen LogP contribution in [0.2, 0.25) is 0 Å². The Labute approximate surface area is 121 Å². The Morgan fingerprint density at radius 3 is 2.85 bits per heavy atom. The van der Waals surface area contributed by atoms with E-state index < -0.39 is 0 Å². The Balaban J connectivity index is 2.22. The molecule has 2 rings (SSSR count). The number of fused-ring (bicyclic) bond motifs is 1. The van der Waals surface area contributed by atoms with E-state index in [9.17, 15) is 0 Å². The first kappa shape index (κ1) is 14.9. The molecule has 0 aliphatic heterocycles.